The van der Waals surface area contributed by atoms with Gasteiger partial charge < -0.3 is 5.32 Å². The molecular weight excluding hydrogens is 124 g/mol. The Morgan fingerprint density at radius 1 is 1.60 bits per heavy atom. The SMILES string of the molecule is CC.CCC1=CCN=CN1. The summed E-state index contributed by atoms with van der Waals surface area (Å²) in [5.74, 6) is 0. The second-order valence-electron chi connectivity index (χ2n) is 1.72. The van der Waals surface area contributed by atoms with Gasteiger partial charge in [0.25, 0.3) is 0 Å². The monoisotopic (exact) mass is 140 g/mol. The van der Waals surface area contributed by atoms with Crippen LogP contribution in [-0.4, -0.2) is 12.9 Å². The van der Waals surface area contributed by atoms with E-state index in [0.29, 0.717) is 0 Å². The second-order valence-corrected chi connectivity index (χ2v) is 1.72. The highest BCUT2D eigenvalue weighted by molar-refractivity contribution is 5.58. The van der Waals surface area contributed by atoms with E-state index in [1.165, 1.54) is 5.70 Å². The quantitative estimate of drug-likeness (QED) is 0.591. The fourth-order valence-electron chi connectivity index (χ4n) is 0.649. The molecule has 2 nitrogen and oxygen atoms in total. The summed E-state index contributed by atoms with van der Waals surface area (Å²) in [6, 6.07) is 0. The van der Waals surface area contributed by atoms with Crippen LogP contribution in [0.25, 0.3) is 0 Å². The molecule has 0 aromatic heterocycles. The minimum Gasteiger partial charge on any atom is -0.350 e. The van der Waals surface area contributed by atoms with E-state index in [1.807, 2.05) is 13.8 Å². The molecule has 10 heavy (non-hydrogen) atoms. The van der Waals surface area contributed by atoms with Gasteiger partial charge in [-0.2, -0.15) is 0 Å². The van der Waals surface area contributed by atoms with Crippen molar-refractivity contribution in [1.29, 1.82) is 0 Å². The maximum atomic E-state index is 3.96. The molecule has 0 saturated carbocycles. The van der Waals surface area contributed by atoms with Crippen molar-refractivity contribution in [3.05, 3.63) is 11.8 Å². The summed E-state index contributed by atoms with van der Waals surface area (Å²) in [6.07, 6.45) is 4.92. The van der Waals surface area contributed by atoms with Crippen molar-refractivity contribution >= 4 is 6.34 Å². The summed E-state index contributed by atoms with van der Waals surface area (Å²) in [4.78, 5) is 3.96. The number of nitrogens with one attached hydrogen (secondary N) is 1. The Hall–Kier alpha value is -0.790. The Morgan fingerprint density at radius 2 is 2.30 bits per heavy atom. The van der Waals surface area contributed by atoms with Crippen molar-refractivity contribution in [1.82, 2.24) is 5.32 Å². The van der Waals surface area contributed by atoms with E-state index >= 15 is 0 Å². The lowest BCUT2D eigenvalue weighted by atomic mass is 10.3. The molecule has 1 rings (SSSR count). The average Bonchev–Trinajstić information content (AvgIpc) is 2.10. The highest BCUT2D eigenvalue weighted by Crippen LogP contribution is 1.96. The van der Waals surface area contributed by atoms with Gasteiger partial charge in [-0.1, -0.05) is 20.8 Å². The largest absolute Gasteiger partial charge is 0.350 e. The molecule has 1 heterocycles. The van der Waals surface area contributed by atoms with E-state index in [9.17, 15) is 0 Å². The highest BCUT2D eigenvalue weighted by atomic mass is 15.0. The first-order valence-electron chi connectivity index (χ1n) is 3.87. The van der Waals surface area contributed by atoms with E-state index in [-0.39, 0.29) is 0 Å². The first-order chi connectivity index (χ1) is 4.93. The minimum atomic E-state index is 0.843. The zero-order valence-corrected chi connectivity index (χ0v) is 7.02. The molecule has 0 aromatic carbocycles. The Kier molecular flexibility index (Phi) is 5.83. The van der Waals surface area contributed by atoms with Crippen LogP contribution in [0.1, 0.15) is 27.2 Å². The van der Waals surface area contributed by atoms with Crippen molar-refractivity contribution < 1.29 is 0 Å². The van der Waals surface area contributed by atoms with Gasteiger partial charge in [-0.25, -0.2) is 0 Å². The van der Waals surface area contributed by atoms with Crippen LogP contribution in [0.3, 0.4) is 0 Å². The third kappa shape index (κ3) is 3.28. The van der Waals surface area contributed by atoms with E-state index in [4.69, 9.17) is 0 Å². The molecule has 1 aliphatic rings. The summed E-state index contributed by atoms with van der Waals surface area (Å²) in [7, 11) is 0. The summed E-state index contributed by atoms with van der Waals surface area (Å²) in [5.41, 5.74) is 1.28. The molecular formula is C8H16N2. The van der Waals surface area contributed by atoms with Gasteiger partial charge in [0.1, 0.15) is 0 Å². The molecule has 58 valence electrons. The molecule has 0 atom stereocenters. The lowest BCUT2D eigenvalue weighted by molar-refractivity contribution is 0.944. The number of hydrogen-bond acceptors (Lipinski definition) is 2. The molecule has 2 heteroatoms. The van der Waals surface area contributed by atoms with Gasteiger partial charge >= 0.3 is 0 Å². The Morgan fingerprint density at radius 3 is 2.60 bits per heavy atom. The first kappa shape index (κ1) is 9.21. The molecule has 1 aliphatic heterocycles. The molecule has 0 amide bonds. The molecule has 1 N–H and O–H groups in total. The lowest BCUT2D eigenvalue weighted by Crippen LogP contribution is -2.13. The van der Waals surface area contributed by atoms with Crippen molar-refractivity contribution in [2.45, 2.75) is 27.2 Å². The molecule has 0 aliphatic carbocycles. The molecule has 0 fully saturated rings. The van der Waals surface area contributed by atoms with Gasteiger partial charge in [-0.05, 0) is 12.5 Å². The molecule has 0 saturated heterocycles. The van der Waals surface area contributed by atoms with Gasteiger partial charge in [-0.15, -0.1) is 0 Å². The first-order valence-corrected chi connectivity index (χ1v) is 3.87. The van der Waals surface area contributed by atoms with E-state index in [2.05, 4.69) is 23.3 Å². The number of rotatable bonds is 1. The van der Waals surface area contributed by atoms with Crippen molar-refractivity contribution in [2.75, 3.05) is 6.54 Å². The Bertz CT molecular complexity index is 125. The zero-order valence-electron chi connectivity index (χ0n) is 7.02. The van der Waals surface area contributed by atoms with E-state index in [0.717, 1.165) is 13.0 Å². The van der Waals surface area contributed by atoms with Crippen LogP contribution in [0.15, 0.2) is 16.8 Å². The summed E-state index contributed by atoms with van der Waals surface area (Å²) < 4.78 is 0. The summed E-state index contributed by atoms with van der Waals surface area (Å²) in [5, 5.41) is 3.04. The van der Waals surface area contributed by atoms with Crippen molar-refractivity contribution in [3.63, 3.8) is 0 Å². The van der Waals surface area contributed by atoms with Crippen LogP contribution >= 0.6 is 0 Å². The maximum Gasteiger partial charge on any atom is 0.0869 e. The topological polar surface area (TPSA) is 24.4 Å². The van der Waals surface area contributed by atoms with E-state index < -0.39 is 0 Å². The van der Waals surface area contributed by atoms with Crippen LogP contribution in [0.2, 0.25) is 0 Å². The van der Waals surface area contributed by atoms with Crippen LogP contribution < -0.4 is 5.32 Å². The molecule has 0 radical (unpaired) electrons. The molecule has 0 unspecified atom stereocenters. The summed E-state index contributed by atoms with van der Waals surface area (Å²) in [6.45, 7) is 6.97. The Labute approximate surface area is 63.0 Å². The summed E-state index contributed by atoms with van der Waals surface area (Å²) >= 11 is 0. The standard InChI is InChI=1S/C6H10N2.C2H6/c1-2-6-3-4-7-5-8-6;1-2/h3,5H,2,4H2,1H3,(H,7,8);1-2H3. The van der Waals surface area contributed by atoms with Crippen LogP contribution in [0, 0.1) is 0 Å². The maximum absolute atomic E-state index is 3.96. The molecule has 0 bridgehead atoms. The van der Waals surface area contributed by atoms with Crippen LogP contribution in [0.4, 0.5) is 0 Å². The predicted molar refractivity (Wildman–Crippen MR) is 46.2 cm³/mol. The number of allylic oxidation sites excluding steroid dienone is 1. The Balaban J connectivity index is 0.000000371. The van der Waals surface area contributed by atoms with Gasteiger partial charge in [-0.3, -0.25) is 4.99 Å². The smallest absolute Gasteiger partial charge is 0.0869 e. The highest BCUT2D eigenvalue weighted by Gasteiger charge is 1.91. The van der Waals surface area contributed by atoms with Gasteiger partial charge in [0.15, 0.2) is 0 Å². The zero-order chi connectivity index (χ0) is 7.82. The van der Waals surface area contributed by atoms with Gasteiger partial charge in [0.05, 0.1) is 12.9 Å². The number of hydrogen-bond donors (Lipinski definition) is 1. The fourth-order valence-corrected chi connectivity index (χ4v) is 0.649. The second kappa shape index (κ2) is 6.33. The molecule has 0 spiro atoms. The van der Waals surface area contributed by atoms with Crippen LogP contribution in [0.5, 0.6) is 0 Å². The van der Waals surface area contributed by atoms with Gasteiger partial charge in [0.2, 0.25) is 0 Å². The predicted octanol–water partition coefficient (Wildman–Crippen LogP) is 1.94. The van der Waals surface area contributed by atoms with Crippen molar-refractivity contribution in [3.8, 4) is 0 Å². The van der Waals surface area contributed by atoms with Gasteiger partial charge in [0, 0.05) is 5.70 Å². The van der Waals surface area contributed by atoms with Crippen LogP contribution in [-0.2, 0) is 0 Å². The normalized spacial score (nSPS) is 14.5. The average molecular weight is 140 g/mol. The number of aliphatic imine (C=N–C) groups is 1. The van der Waals surface area contributed by atoms with Crippen molar-refractivity contribution in [2.24, 2.45) is 4.99 Å². The lowest BCUT2D eigenvalue weighted by Gasteiger charge is -2.05. The fraction of sp³-hybridized carbons (Fsp3) is 0.625. The minimum absolute atomic E-state index is 0.843. The third-order valence-electron chi connectivity index (χ3n) is 1.17. The van der Waals surface area contributed by atoms with E-state index in [1.54, 1.807) is 6.34 Å². The third-order valence-corrected chi connectivity index (χ3v) is 1.17. The number of nitrogens with zero attached hydrogens (tertiary/aromatic N) is 1. The molecule has 0 aromatic rings.